The molecule has 0 spiro atoms. The molecular formula is C21H20N4O4S2. The number of amides is 2. The lowest BCUT2D eigenvalue weighted by Gasteiger charge is -2.09. The summed E-state index contributed by atoms with van der Waals surface area (Å²) in [6, 6.07) is 13.8. The summed E-state index contributed by atoms with van der Waals surface area (Å²) in [5.41, 5.74) is 2.26. The van der Waals surface area contributed by atoms with E-state index in [-0.39, 0.29) is 24.2 Å². The van der Waals surface area contributed by atoms with Gasteiger partial charge in [-0.25, -0.2) is 4.79 Å². The molecule has 1 heterocycles. The first-order valence-electron chi connectivity index (χ1n) is 9.36. The van der Waals surface area contributed by atoms with E-state index in [1.165, 1.54) is 23.1 Å². The summed E-state index contributed by atoms with van der Waals surface area (Å²) in [5.74, 6) is -1.01. The highest BCUT2D eigenvalue weighted by Gasteiger charge is 2.15. The lowest BCUT2D eigenvalue weighted by molar-refractivity contribution is -0.113. The molecule has 0 aliphatic carbocycles. The number of rotatable bonds is 8. The molecule has 31 heavy (non-hydrogen) atoms. The zero-order valence-corrected chi connectivity index (χ0v) is 18.5. The number of esters is 1. The lowest BCUT2D eigenvalue weighted by Crippen LogP contribution is -2.17. The first-order valence-corrected chi connectivity index (χ1v) is 11.2. The zero-order chi connectivity index (χ0) is 22.2. The smallest absolute Gasteiger partial charge is 0.340 e. The van der Waals surface area contributed by atoms with Gasteiger partial charge in [0.2, 0.25) is 11.0 Å². The predicted molar refractivity (Wildman–Crippen MR) is 121 cm³/mol. The van der Waals surface area contributed by atoms with Crippen molar-refractivity contribution in [1.82, 2.24) is 10.2 Å². The highest BCUT2D eigenvalue weighted by atomic mass is 32.2. The molecule has 2 amide bonds. The van der Waals surface area contributed by atoms with Crippen molar-refractivity contribution in [2.24, 2.45) is 0 Å². The minimum Gasteiger partial charge on any atom is -0.462 e. The Morgan fingerprint density at radius 1 is 1.03 bits per heavy atom. The van der Waals surface area contributed by atoms with Gasteiger partial charge in [0, 0.05) is 5.56 Å². The topological polar surface area (TPSA) is 110 Å². The third-order valence-corrected chi connectivity index (χ3v) is 5.94. The second kappa shape index (κ2) is 10.7. The van der Waals surface area contributed by atoms with E-state index in [0.717, 1.165) is 5.56 Å². The van der Waals surface area contributed by atoms with Crippen molar-refractivity contribution >= 4 is 51.7 Å². The van der Waals surface area contributed by atoms with Crippen LogP contribution in [0.3, 0.4) is 0 Å². The van der Waals surface area contributed by atoms with Crippen LogP contribution < -0.4 is 10.6 Å². The number of nitrogens with one attached hydrogen (secondary N) is 2. The summed E-state index contributed by atoms with van der Waals surface area (Å²) < 4.78 is 5.54. The first-order chi connectivity index (χ1) is 15.0. The van der Waals surface area contributed by atoms with Crippen LogP contribution >= 0.6 is 23.1 Å². The molecule has 0 atom stereocenters. The Labute approximate surface area is 187 Å². The van der Waals surface area contributed by atoms with Crippen molar-refractivity contribution in [3.8, 4) is 0 Å². The van der Waals surface area contributed by atoms with Gasteiger partial charge >= 0.3 is 5.97 Å². The Morgan fingerprint density at radius 2 is 1.77 bits per heavy atom. The van der Waals surface area contributed by atoms with Gasteiger partial charge in [0.1, 0.15) is 0 Å². The number of aryl methyl sites for hydroxylation is 1. The molecule has 2 N–H and O–H groups in total. The van der Waals surface area contributed by atoms with Crippen LogP contribution in [-0.4, -0.2) is 40.3 Å². The number of anilines is 2. The molecule has 0 unspecified atom stereocenters. The van der Waals surface area contributed by atoms with E-state index in [0.29, 0.717) is 26.3 Å². The van der Waals surface area contributed by atoms with Crippen molar-refractivity contribution in [3.05, 3.63) is 65.2 Å². The predicted octanol–water partition coefficient (Wildman–Crippen LogP) is 4.01. The third kappa shape index (κ3) is 6.37. The highest BCUT2D eigenvalue weighted by Crippen LogP contribution is 2.26. The number of nitrogens with zero attached hydrogens (tertiary/aromatic N) is 2. The van der Waals surface area contributed by atoms with Crippen molar-refractivity contribution in [1.29, 1.82) is 0 Å². The van der Waals surface area contributed by atoms with Crippen LogP contribution in [0.5, 0.6) is 0 Å². The van der Waals surface area contributed by atoms with Crippen LogP contribution in [0.25, 0.3) is 0 Å². The second-order valence-electron chi connectivity index (χ2n) is 6.30. The van der Waals surface area contributed by atoms with Crippen molar-refractivity contribution < 1.29 is 19.1 Å². The van der Waals surface area contributed by atoms with Crippen molar-refractivity contribution in [3.63, 3.8) is 0 Å². The Kier molecular flexibility index (Phi) is 7.74. The molecule has 0 aliphatic heterocycles. The number of benzene rings is 2. The number of ether oxygens (including phenoxy) is 1. The molecule has 0 saturated carbocycles. The quantitative estimate of drug-likeness (QED) is 0.299. The molecular weight excluding hydrogens is 436 g/mol. The van der Waals surface area contributed by atoms with Gasteiger partial charge in [-0.2, -0.15) is 0 Å². The van der Waals surface area contributed by atoms with Crippen LogP contribution in [0.1, 0.15) is 33.2 Å². The molecule has 160 valence electrons. The molecule has 3 aromatic rings. The third-order valence-electron chi connectivity index (χ3n) is 3.96. The maximum atomic E-state index is 12.3. The number of hydrogen-bond donors (Lipinski definition) is 2. The van der Waals surface area contributed by atoms with Crippen molar-refractivity contribution in [2.75, 3.05) is 23.0 Å². The highest BCUT2D eigenvalue weighted by molar-refractivity contribution is 8.01. The van der Waals surface area contributed by atoms with Gasteiger partial charge in [-0.1, -0.05) is 52.9 Å². The van der Waals surface area contributed by atoms with Gasteiger partial charge in [-0.05, 0) is 38.1 Å². The molecule has 0 bridgehead atoms. The number of thioether (sulfide) groups is 1. The minimum atomic E-state index is -0.496. The van der Waals surface area contributed by atoms with Gasteiger partial charge in [-0.3, -0.25) is 14.9 Å². The standard InChI is InChI=1S/C21H20N4O4S2/c1-3-29-19(28)15-6-4-5-7-16(15)22-17(26)12-30-21-25-24-20(31-21)23-18(27)14-10-8-13(2)9-11-14/h4-11H,3,12H2,1-2H3,(H,22,26)(H,23,24,27). The van der Waals surface area contributed by atoms with Crippen LogP contribution in [-0.2, 0) is 9.53 Å². The van der Waals surface area contributed by atoms with Crippen LogP contribution in [0.2, 0.25) is 0 Å². The monoisotopic (exact) mass is 456 g/mol. The first kappa shape index (κ1) is 22.4. The summed E-state index contributed by atoms with van der Waals surface area (Å²) >= 11 is 2.36. The Morgan fingerprint density at radius 3 is 2.52 bits per heavy atom. The fourth-order valence-electron chi connectivity index (χ4n) is 2.49. The summed E-state index contributed by atoms with van der Waals surface area (Å²) in [7, 11) is 0. The lowest BCUT2D eigenvalue weighted by atomic mass is 10.1. The normalized spacial score (nSPS) is 10.4. The van der Waals surface area contributed by atoms with E-state index in [9.17, 15) is 14.4 Å². The molecule has 8 nitrogen and oxygen atoms in total. The van der Waals surface area contributed by atoms with E-state index >= 15 is 0 Å². The van der Waals surface area contributed by atoms with Crippen LogP contribution in [0.4, 0.5) is 10.8 Å². The van der Waals surface area contributed by atoms with E-state index < -0.39 is 5.97 Å². The molecule has 1 aromatic heterocycles. The molecule has 0 saturated heterocycles. The van der Waals surface area contributed by atoms with Gasteiger partial charge < -0.3 is 10.1 Å². The Balaban J connectivity index is 1.54. The molecule has 2 aromatic carbocycles. The summed E-state index contributed by atoms with van der Waals surface area (Å²) in [4.78, 5) is 36.6. The fraction of sp³-hybridized carbons (Fsp3) is 0.190. The van der Waals surface area contributed by atoms with Crippen LogP contribution in [0.15, 0.2) is 52.9 Å². The Bertz CT molecular complexity index is 1080. The molecule has 0 fully saturated rings. The number of para-hydroxylation sites is 1. The average Bonchev–Trinajstić information content (AvgIpc) is 3.20. The molecule has 10 heteroatoms. The van der Waals surface area contributed by atoms with Gasteiger partial charge in [-0.15, -0.1) is 10.2 Å². The Hall–Kier alpha value is -3.24. The maximum absolute atomic E-state index is 12.3. The second-order valence-corrected chi connectivity index (χ2v) is 8.50. The molecule has 0 aliphatic rings. The van der Waals surface area contributed by atoms with Gasteiger partial charge in [0.25, 0.3) is 5.91 Å². The number of aromatic nitrogens is 2. The van der Waals surface area contributed by atoms with E-state index in [1.807, 2.05) is 19.1 Å². The largest absolute Gasteiger partial charge is 0.462 e. The summed E-state index contributed by atoms with van der Waals surface area (Å²) in [5, 5.41) is 13.7. The molecule has 0 radical (unpaired) electrons. The number of hydrogen-bond acceptors (Lipinski definition) is 8. The maximum Gasteiger partial charge on any atom is 0.340 e. The van der Waals surface area contributed by atoms with Crippen LogP contribution in [0, 0.1) is 6.92 Å². The van der Waals surface area contributed by atoms with Gasteiger partial charge in [0.15, 0.2) is 4.34 Å². The fourth-order valence-corrected chi connectivity index (χ4v) is 4.03. The summed E-state index contributed by atoms with van der Waals surface area (Å²) in [6.45, 7) is 3.91. The van der Waals surface area contributed by atoms with E-state index in [2.05, 4.69) is 20.8 Å². The van der Waals surface area contributed by atoms with E-state index in [1.54, 1.807) is 43.3 Å². The van der Waals surface area contributed by atoms with Crippen molar-refractivity contribution in [2.45, 2.75) is 18.2 Å². The van der Waals surface area contributed by atoms with E-state index in [4.69, 9.17) is 4.74 Å². The minimum absolute atomic E-state index is 0.0672. The molecule has 3 rings (SSSR count). The zero-order valence-electron chi connectivity index (χ0n) is 16.9. The van der Waals surface area contributed by atoms with Gasteiger partial charge in [0.05, 0.1) is 23.6 Å². The summed E-state index contributed by atoms with van der Waals surface area (Å²) in [6.07, 6.45) is 0. The number of carbonyl (C=O) groups is 3. The average molecular weight is 457 g/mol. The number of carbonyl (C=O) groups excluding carboxylic acids is 3. The SMILES string of the molecule is CCOC(=O)c1ccccc1NC(=O)CSc1nnc(NC(=O)c2ccc(C)cc2)s1.